The minimum atomic E-state index is -0.483. The Hall–Kier alpha value is -1.27. The van der Waals surface area contributed by atoms with Crippen LogP contribution in [0.15, 0.2) is 72.0 Å². The largest absolute Gasteiger partial charge is 0.203 e. The Morgan fingerprint density at radius 1 is 0.850 bits per heavy atom. The molecule has 0 fully saturated rings. The summed E-state index contributed by atoms with van der Waals surface area (Å²) in [5, 5.41) is 1.11. The molecule has 2 aromatic rings. The molecule has 4 heteroatoms. The van der Waals surface area contributed by atoms with Crippen LogP contribution in [0.1, 0.15) is 11.1 Å². The fourth-order valence-corrected chi connectivity index (χ4v) is 4.63. The average molecular weight is 392 g/mol. The van der Waals surface area contributed by atoms with Gasteiger partial charge < -0.3 is 0 Å². The first-order valence-electron chi connectivity index (χ1n) is 6.22. The van der Waals surface area contributed by atoms with Gasteiger partial charge in [0.05, 0.1) is 5.71 Å². The molecule has 0 aromatic heterocycles. The lowest BCUT2D eigenvalue weighted by Gasteiger charge is -2.16. The van der Waals surface area contributed by atoms with Crippen molar-refractivity contribution in [3.05, 3.63) is 76.8 Å². The van der Waals surface area contributed by atoms with E-state index < -0.39 is 21.3 Å². The lowest BCUT2D eigenvalue weighted by atomic mass is 9.97. The summed E-state index contributed by atoms with van der Waals surface area (Å²) in [5.41, 5.74) is 4.61. The summed E-state index contributed by atoms with van der Waals surface area (Å²) >= 11 is 1.22. The highest BCUT2D eigenvalue weighted by molar-refractivity contribution is 14.1. The van der Waals surface area contributed by atoms with E-state index >= 15 is 0 Å². The summed E-state index contributed by atoms with van der Waals surface area (Å²) in [7, 11) is 0. The van der Waals surface area contributed by atoms with E-state index in [4.69, 9.17) is 3.21 Å². The van der Waals surface area contributed by atoms with Crippen molar-refractivity contribution in [3.63, 3.8) is 0 Å². The molecule has 0 aliphatic carbocycles. The van der Waals surface area contributed by atoms with Crippen molar-refractivity contribution in [2.75, 3.05) is 6.26 Å². The molecule has 0 atom stereocenters. The van der Waals surface area contributed by atoms with Crippen molar-refractivity contribution < 1.29 is 0 Å². The molecule has 1 heterocycles. The van der Waals surface area contributed by atoms with Gasteiger partial charge >= 0.3 is 0 Å². The van der Waals surface area contributed by atoms with Gasteiger partial charge in [0.2, 0.25) is 0 Å². The molecule has 0 saturated carbocycles. The Morgan fingerprint density at radius 2 is 1.45 bits per heavy atom. The van der Waals surface area contributed by atoms with Gasteiger partial charge in [-0.25, -0.2) is 3.21 Å². The van der Waals surface area contributed by atoms with Crippen LogP contribution < -0.4 is 0 Å². The highest BCUT2D eigenvalue weighted by atomic mass is 127. The highest BCUT2D eigenvalue weighted by Gasteiger charge is 2.19. The van der Waals surface area contributed by atoms with E-state index in [0.29, 0.717) is 0 Å². The van der Waals surface area contributed by atoms with Gasteiger partial charge in [-0.2, -0.15) is 3.15 Å². The third kappa shape index (κ3) is 2.76. The molecule has 0 N–H and O–H groups in total. The van der Waals surface area contributed by atoms with Gasteiger partial charge in [0.1, 0.15) is 26.3 Å². The summed E-state index contributed by atoms with van der Waals surface area (Å²) in [6, 6.07) is 20.8. The van der Waals surface area contributed by atoms with E-state index in [-0.39, 0.29) is 0 Å². The maximum atomic E-state index is 4.74. The lowest BCUT2D eigenvalue weighted by molar-refractivity contribution is 1.55. The molecular formula is C16H13IN2S. The van der Waals surface area contributed by atoms with Crippen LogP contribution in [-0.2, 0) is 0 Å². The van der Waals surface area contributed by atoms with Crippen LogP contribution in [0.3, 0.4) is 0 Å². The van der Waals surface area contributed by atoms with Crippen molar-refractivity contribution in [1.29, 1.82) is 0 Å². The third-order valence-electron chi connectivity index (χ3n) is 2.99. The van der Waals surface area contributed by atoms with Gasteiger partial charge in [-0.3, -0.25) is 0 Å². The van der Waals surface area contributed by atoms with Crippen molar-refractivity contribution in [3.8, 4) is 0 Å². The fraction of sp³-hybridized carbons (Fsp3) is 0.0625. The molecule has 0 amide bonds. The molecule has 0 radical (unpaired) electrons. The van der Waals surface area contributed by atoms with Crippen LogP contribution in [0.5, 0.6) is 0 Å². The predicted molar refractivity (Wildman–Crippen MR) is 96.3 cm³/mol. The van der Waals surface area contributed by atoms with Crippen LogP contribution in [-0.4, -0.2) is 12.0 Å². The first kappa shape index (κ1) is 13.7. The lowest BCUT2D eigenvalue weighted by Crippen LogP contribution is -2.06. The number of benzene rings is 2. The number of hydrogen-bond acceptors (Lipinski definition) is 3. The second-order valence-corrected chi connectivity index (χ2v) is 6.40. The first-order chi connectivity index (χ1) is 9.90. The summed E-state index contributed by atoms with van der Waals surface area (Å²) in [5.74, 6) is 0. The van der Waals surface area contributed by atoms with Gasteiger partial charge in [0.15, 0.2) is 0 Å². The molecule has 0 unspecified atom stereocenters. The standard InChI is InChI=1S/C16H13IN2S/c1-20-16-14(12-8-4-2-5-9-12)15(18-17-19-16)13-10-6-3-7-11-13/h2-11H,1H3. The number of halogens is 1. The molecule has 1 aliphatic rings. The highest BCUT2D eigenvalue weighted by Crippen LogP contribution is 2.36. The number of hydrogen-bond donors (Lipinski definition) is 0. The second kappa shape index (κ2) is 6.45. The van der Waals surface area contributed by atoms with E-state index in [2.05, 4.69) is 57.9 Å². The second-order valence-electron chi connectivity index (χ2n) is 4.21. The Bertz CT molecular complexity index is 691. The third-order valence-corrected chi connectivity index (χ3v) is 5.40. The van der Waals surface area contributed by atoms with Crippen molar-refractivity contribution in [1.82, 2.24) is 0 Å². The summed E-state index contributed by atoms with van der Waals surface area (Å²) in [6.45, 7) is 0. The molecule has 2 aromatic carbocycles. The molecule has 2 nitrogen and oxygen atoms in total. The minimum absolute atomic E-state index is 0.483. The topological polar surface area (TPSA) is 24.7 Å². The zero-order valence-electron chi connectivity index (χ0n) is 11.0. The maximum Gasteiger partial charge on any atom is 0.144 e. The van der Waals surface area contributed by atoms with Crippen LogP contribution in [0.4, 0.5) is 0 Å². The van der Waals surface area contributed by atoms with Crippen molar-refractivity contribution in [2.24, 2.45) is 6.35 Å². The Kier molecular flexibility index (Phi) is 4.42. The Labute approximate surface area is 133 Å². The van der Waals surface area contributed by atoms with E-state index in [1.807, 2.05) is 12.1 Å². The van der Waals surface area contributed by atoms with Crippen LogP contribution >= 0.6 is 33.1 Å². The molecule has 100 valence electrons. The van der Waals surface area contributed by atoms with E-state index in [1.54, 1.807) is 11.8 Å². The van der Waals surface area contributed by atoms with E-state index in [1.165, 1.54) is 11.1 Å². The number of rotatable bonds is 3. The predicted octanol–water partition coefficient (Wildman–Crippen LogP) is 5.29. The molecule has 20 heavy (non-hydrogen) atoms. The van der Waals surface area contributed by atoms with Crippen LogP contribution in [0, 0.1) is 0 Å². The molecular weight excluding hydrogens is 379 g/mol. The Morgan fingerprint density at radius 3 is 2.05 bits per heavy atom. The maximum absolute atomic E-state index is 4.74. The Balaban J connectivity index is 2.17. The van der Waals surface area contributed by atoms with E-state index in [0.717, 1.165) is 16.3 Å². The van der Waals surface area contributed by atoms with Gasteiger partial charge in [-0.05, 0) is 11.8 Å². The molecule has 1 aliphatic heterocycles. The fourth-order valence-electron chi connectivity index (χ4n) is 2.07. The molecule has 0 saturated heterocycles. The van der Waals surface area contributed by atoms with Gasteiger partial charge in [-0.1, -0.05) is 60.7 Å². The minimum Gasteiger partial charge on any atom is -0.203 e. The zero-order valence-corrected chi connectivity index (χ0v) is 13.9. The number of nitrogens with zero attached hydrogens (tertiary/aromatic N) is 2. The van der Waals surface area contributed by atoms with Gasteiger partial charge in [0, 0.05) is 11.1 Å². The van der Waals surface area contributed by atoms with Crippen molar-refractivity contribution >= 4 is 44.4 Å². The SMILES string of the molecule is CSC1=C(c2ccccc2)C(c2ccccc2)=NI=N1. The normalized spacial score (nSPS) is 14.8. The van der Waals surface area contributed by atoms with Crippen molar-refractivity contribution in [2.45, 2.75) is 0 Å². The molecule has 0 bridgehead atoms. The summed E-state index contributed by atoms with van der Waals surface area (Å²) < 4.78 is 9.39. The smallest absolute Gasteiger partial charge is 0.144 e. The average Bonchev–Trinajstić information content (AvgIpc) is 2.55. The number of thioether (sulfide) groups is 1. The number of allylic oxidation sites excluding steroid dienone is 1. The molecule has 3 rings (SSSR count). The quantitative estimate of drug-likeness (QED) is 0.652. The monoisotopic (exact) mass is 392 g/mol. The zero-order chi connectivity index (χ0) is 13.8. The summed E-state index contributed by atoms with van der Waals surface area (Å²) in [4.78, 5) is 0. The van der Waals surface area contributed by atoms with Crippen LogP contribution in [0.25, 0.3) is 5.57 Å². The van der Waals surface area contributed by atoms with Crippen LogP contribution in [0.2, 0.25) is 0 Å². The van der Waals surface area contributed by atoms with Gasteiger partial charge in [0.25, 0.3) is 0 Å². The molecule has 0 spiro atoms. The summed E-state index contributed by atoms with van der Waals surface area (Å²) in [6.07, 6.45) is 2.08. The first-order valence-corrected chi connectivity index (χ1v) is 9.37. The van der Waals surface area contributed by atoms with Gasteiger partial charge in [-0.15, -0.1) is 11.8 Å². The van der Waals surface area contributed by atoms with E-state index in [9.17, 15) is 0 Å².